The lowest BCUT2D eigenvalue weighted by Crippen LogP contribution is -2.18. The number of hydrogen-bond donors (Lipinski definition) is 1. The van der Waals surface area contributed by atoms with E-state index in [1.54, 1.807) is 0 Å². The van der Waals surface area contributed by atoms with Gasteiger partial charge in [0.25, 0.3) is 0 Å². The van der Waals surface area contributed by atoms with Crippen LogP contribution in [0.5, 0.6) is 0 Å². The lowest BCUT2D eigenvalue weighted by molar-refractivity contribution is 0.574. The highest BCUT2D eigenvalue weighted by Crippen LogP contribution is 2.23. The molecule has 0 saturated heterocycles. The summed E-state index contributed by atoms with van der Waals surface area (Å²) in [6, 6.07) is 15.1. The van der Waals surface area contributed by atoms with Crippen LogP contribution < -0.4 is 5.32 Å². The second kappa shape index (κ2) is 7.44. The minimum absolute atomic E-state index is 0.293. The van der Waals surface area contributed by atoms with E-state index in [9.17, 15) is 0 Å². The SMILES string of the molecule is CC(C)c1ccc(C(C)NCc2cc(Br)ccc2Cl)cc1. The zero-order chi connectivity index (χ0) is 15.4. The van der Waals surface area contributed by atoms with E-state index in [2.05, 4.69) is 72.3 Å². The summed E-state index contributed by atoms with van der Waals surface area (Å²) >= 11 is 9.70. The molecule has 1 nitrogen and oxygen atoms in total. The first kappa shape index (κ1) is 16.5. The van der Waals surface area contributed by atoms with Crippen LogP contribution in [0.4, 0.5) is 0 Å². The molecule has 0 heterocycles. The van der Waals surface area contributed by atoms with Gasteiger partial charge in [0.1, 0.15) is 0 Å². The van der Waals surface area contributed by atoms with Crippen LogP contribution in [0.1, 0.15) is 49.4 Å². The van der Waals surface area contributed by atoms with Crippen molar-refractivity contribution in [3.05, 3.63) is 68.7 Å². The number of halogens is 2. The van der Waals surface area contributed by atoms with Gasteiger partial charge in [0, 0.05) is 22.1 Å². The van der Waals surface area contributed by atoms with Crippen molar-refractivity contribution in [1.82, 2.24) is 5.32 Å². The second-order valence-electron chi connectivity index (χ2n) is 5.66. The van der Waals surface area contributed by atoms with Crippen LogP contribution in [-0.4, -0.2) is 0 Å². The Morgan fingerprint density at radius 3 is 2.24 bits per heavy atom. The molecule has 112 valence electrons. The van der Waals surface area contributed by atoms with Crippen LogP contribution in [0.15, 0.2) is 46.9 Å². The lowest BCUT2D eigenvalue weighted by Gasteiger charge is -2.16. The van der Waals surface area contributed by atoms with Gasteiger partial charge in [0.15, 0.2) is 0 Å². The van der Waals surface area contributed by atoms with Gasteiger partial charge in [-0.15, -0.1) is 0 Å². The van der Waals surface area contributed by atoms with Gasteiger partial charge in [-0.25, -0.2) is 0 Å². The van der Waals surface area contributed by atoms with Crippen molar-refractivity contribution < 1.29 is 0 Å². The maximum Gasteiger partial charge on any atom is 0.0451 e. The molecule has 1 atom stereocenters. The van der Waals surface area contributed by atoms with Gasteiger partial charge in [-0.3, -0.25) is 0 Å². The number of rotatable bonds is 5. The highest BCUT2D eigenvalue weighted by atomic mass is 79.9. The minimum Gasteiger partial charge on any atom is -0.306 e. The van der Waals surface area contributed by atoms with Crippen LogP contribution in [0.25, 0.3) is 0 Å². The van der Waals surface area contributed by atoms with Crippen molar-refractivity contribution in [3.63, 3.8) is 0 Å². The van der Waals surface area contributed by atoms with E-state index in [0.717, 1.165) is 21.6 Å². The van der Waals surface area contributed by atoms with E-state index in [0.29, 0.717) is 12.0 Å². The second-order valence-corrected chi connectivity index (χ2v) is 6.98. The molecular formula is C18H21BrClN. The summed E-state index contributed by atoms with van der Waals surface area (Å²) in [5.74, 6) is 0.572. The third-order valence-electron chi connectivity index (χ3n) is 3.71. The highest BCUT2D eigenvalue weighted by molar-refractivity contribution is 9.10. The van der Waals surface area contributed by atoms with E-state index >= 15 is 0 Å². The third-order valence-corrected chi connectivity index (χ3v) is 4.57. The van der Waals surface area contributed by atoms with E-state index in [4.69, 9.17) is 11.6 Å². The van der Waals surface area contributed by atoms with E-state index in [1.165, 1.54) is 11.1 Å². The normalized spacial score (nSPS) is 12.7. The topological polar surface area (TPSA) is 12.0 Å². The van der Waals surface area contributed by atoms with Gasteiger partial charge in [0.2, 0.25) is 0 Å². The monoisotopic (exact) mass is 365 g/mol. The van der Waals surface area contributed by atoms with Crippen molar-refractivity contribution in [1.29, 1.82) is 0 Å². The van der Waals surface area contributed by atoms with E-state index in [1.807, 2.05) is 12.1 Å². The zero-order valence-electron chi connectivity index (χ0n) is 12.7. The molecule has 0 amide bonds. The summed E-state index contributed by atoms with van der Waals surface area (Å²) in [5.41, 5.74) is 3.78. The molecule has 0 spiro atoms. The maximum atomic E-state index is 6.22. The molecule has 1 N–H and O–H groups in total. The largest absolute Gasteiger partial charge is 0.306 e. The quantitative estimate of drug-likeness (QED) is 0.676. The molecule has 21 heavy (non-hydrogen) atoms. The van der Waals surface area contributed by atoms with Crippen molar-refractivity contribution in [3.8, 4) is 0 Å². The van der Waals surface area contributed by atoms with Crippen molar-refractivity contribution in [2.45, 2.75) is 39.3 Å². The molecule has 0 aromatic heterocycles. The Kier molecular flexibility index (Phi) is 5.86. The fraction of sp³-hybridized carbons (Fsp3) is 0.333. The third kappa shape index (κ3) is 4.57. The first-order valence-corrected chi connectivity index (χ1v) is 8.41. The minimum atomic E-state index is 0.293. The molecule has 0 bridgehead atoms. The summed E-state index contributed by atoms with van der Waals surface area (Å²) in [7, 11) is 0. The molecule has 0 aliphatic rings. The molecule has 3 heteroatoms. The van der Waals surface area contributed by atoms with Gasteiger partial charge in [-0.1, -0.05) is 65.6 Å². The number of nitrogens with one attached hydrogen (secondary N) is 1. The Morgan fingerprint density at radius 1 is 1.00 bits per heavy atom. The number of benzene rings is 2. The fourth-order valence-electron chi connectivity index (χ4n) is 2.23. The standard InChI is InChI=1S/C18H21BrClN/c1-12(2)14-4-6-15(7-5-14)13(3)21-11-16-10-17(19)8-9-18(16)20/h4-10,12-13,21H,11H2,1-3H3. The van der Waals surface area contributed by atoms with Crippen LogP contribution in [-0.2, 0) is 6.54 Å². The Labute approximate surface area is 140 Å². The Hall–Kier alpha value is -0.830. The summed E-state index contributed by atoms with van der Waals surface area (Å²) < 4.78 is 1.05. The molecule has 2 aromatic rings. The molecule has 1 unspecified atom stereocenters. The molecule has 2 aromatic carbocycles. The molecule has 0 aliphatic heterocycles. The Balaban J connectivity index is 2.01. The average Bonchev–Trinajstić information content (AvgIpc) is 2.48. The maximum absolute atomic E-state index is 6.22. The molecule has 0 saturated carbocycles. The van der Waals surface area contributed by atoms with E-state index in [-0.39, 0.29) is 0 Å². The molecule has 0 fully saturated rings. The van der Waals surface area contributed by atoms with Crippen LogP contribution >= 0.6 is 27.5 Å². The van der Waals surface area contributed by atoms with Crippen molar-refractivity contribution >= 4 is 27.5 Å². The summed E-state index contributed by atoms with van der Waals surface area (Å²) in [6.45, 7) is 7.36. The van der Waals surface area contributed by atoms with E-state index < -0.39 is 0 Å². The predicted molar refractivity (Wildman–Crippen MR) is 94.9 cm³/mol. The molecular weight excluding hydrogens is 346 g/mol. The molecule has 0 radical (unpaired) electrons. The van der Waals surface area contributed by atoms with Gasteiger partial charge in [0.05, 0.1) is 0 Å². The summed E-state index contributed by atoms with van der Waals surface area (Å²) in [6.07, 6.45) is 0. The summed E-state index contributed by atoms with van der Waals surface area (Å²) in [4.78, 5) is 0. The molecule has 2 rings (SSSR count). The van der Waals surface area contributed by atoms with Crippen LogP contribution in [0, 0.1) is 0 Å². The number of hydrogen-bond acceptors (Lipinski definition) is 1. The smallest absolute Gasteiger partial charge is 0.0451 e. The van der Waals surface area contributed by atoms with Gasteiger partial charge < -0.3 is 5.32 Å². The first-order valence-electron chi connectivity index (χ1n) is 7.24. The van der Waals surface area contributed by atoms with Crippen molar-refractivity contribution in [2.75, 3.05) is 0 Å². The fourth-order valence-corrected chi connectivity index (χ4v) is 2.82. The first-order chi connectivity index (χ1) is 9.97. The van der Waals surface area contributed by atoms with Crippen LogP contribution in [0.2, 0.25) is 5.02 Å². The lowest BCUT2D eigenvalue weighted by atomic mass is 9.99. The zero-order valence-corrected chi connectivity index (χ0v) is 15.0. The molecule has 0 aliphatic carbocycles. The van der Waals surface area contributed by atoms with Gasteiger partial charge in [-0.2, -0.15) is 0 Å². The highest BCUT2D eigenvalue weighted by Gasteiger charge is 2.08. The van der Waals surface area contributed by atoms with Gasteiger partial charge >= 0.3 is 0 Å². The van der Waals surface area contributed by atoms with Gasteiger partial charge in [-0.05, 0) is 47.7 Å². The van der Waals surface area contributed by atoms with Crippen LogP contribution in [0.3, 0.4) is 0 Å². The average molecular weight is 367 g/mol. The van der Waals surface area contributed by atoms with Crippen molar-refractivity contribution in [2.24, 2.45) is 0 Å². The Bertz CT molecular complexity index is 593. The Morgan fingerprint density at radius 2 is 1.62 bits per heavy atom. The summed E-state index contributed by atoms with van der Waals surface area (Å²) in [5, 5.41) is 4.33. The predicted octanol–water partition coefficient (Wildman–Crippen LogP) is 6.08.